The van der Waals surface area contributed by atoms with E-state index in [-0.39, 0.29) is 0 Å². The molecule has 0 fully saturated rings. The minimum absolute atomic E-state index is 0.310. The van der Waals surface area contributed by atoms with E-state index >= 15 is 0 Å². The molecular weight excluding hydrogens is 464 g/mol. The van der Waals surface area contributed by atoms with Gasteiger partial charge in [0.2, 0.25) is 0 Å². The highest BCUT2D eigenvalue weighted by Gasteiger charge is 2.05. The second kappa shape index (κ2) is 18.7. The Morgan fingerprint density at radius 3 is 1.89 bits per heavy atom. The van der Waals surface area contributed by atoms with E-state index in [2.05, 4.69) is 72.3 Å². The third kappa shape index (κ3) is 12.3. The smallest absolute Gasteiger partial charge is 0.128 e. The zero-order valence-corrected chi connectivity index (χ0v) is 24.0. The standard InChI is InChI=1S/C35H50N2O/c1-3-4-5-6-7-8-9-14-19-31-23-25-33(26-24-31)34-27-36-35(37-28-34)22-17-11-10-13-18-30(2)38-29-32-20-15-12-16-21-32/h12,15-16,20-21,23-28,30H,3-11,13-14,17-19,22,29H2,1-2H3. The van der Waals surface area contributed by atoms with Gasteiger partial charge < -0.3 is 4.74 Å². The highest BCUT2D eigenvalue weighted by atomic mass is 16.5. The van der Waals surface area contributed by atoms with E-state index in [1.807, 2.05) is 18.5 Å². The lowest BCUT2D eigenvalue weighted by molar-refractivity contribution is 0.0459. The molecule has 3 nitrogen and oxygen atoms in total. The molecule has 1 atom stereocenters. The van der Waals surface area contributed by atoms with E-state index in [1.54, 1.807) is 0 Å². The summed E-state index contributed by atoms with van der Waals surface area (Å²) in [4.78, 5) is 9.28. The van der Waals surface area contributed by atoms with Crippen LogP contribution in [0, 0.1) is 0 Å². The van der Waals surface area contributed by atoms with Crippen LogP contribution in [0.5, 0.6) is 0 Å². The van der Waals surface area contributed by atoms with Gasteiger partial charge in [-0.15, -0.1) is 0 Å². The molecule has 1 aromatic heterocycles. The molecule has 0 spiro atoms. The maximum absolute atomic E-state index is 5.98. The van der Waals surface area contributed by atoms with Crippen molar-refractivity contribution in [2.75, 3.05) is 0 Å². The van der Waals surface area contributed by atoms with Crippen LogP contribution in [0.15, 0.2) is 67.0 Å². The SMILES string of the molecule is CCCCCCCCCCc1ccc(-c2cnc(CCCCCCC(C)OCc3ccccc3)nc2)cc1. The highest BCUT2D eigenvalue weighted by Crippen LogP contribution is 2.20. The molecule has 3 aromatic rings. The summed E-state index contributed by atoms with van der Waals surface area (Å²) >= 11 is 0. The third-order valence-electron chi connectivity index (χ3n) is 7.45. The summed E-state index contributed by atoms with van der Waals surface area (Å²) in [7, 11) is 0. The summed E-state index contributed by atoms with van der Waals surface area (Å²) < 4.78 is 5.98. The first-order valence-electron chi connectivity index (χ1n) is 15.3. The van der Waals surface area contributed by atoms with E-state index in [4.69, 9.17) is 4.74 Å². The van der Waals surface area contributed by atoms with Crippen molar-refractivity contribution in [3.8, 4) is 11.1 Å². The predicted octanol–water partition coefficient (Wildman–Crippen LogP) is 9.93. The van der Waals surface area contributed by atoms with Gasteiger partial charge in [-0.05, 0) is 49.3 Å². The normalized spacial score (nSPS) is 12.1. The fraction of sp³-hybridized carbons (Fsp3) is 0.543. The first-order chi connectivity index (χ1) is 18.7. The van der Waals surface area contributed by atoms with Crippen molar-refractivity contribution in [3.63, 3.8) is 0 Å². The van der Waals surface area contributed by atoms with Crippen LogP contribution < -0.4 is 0 Å². The molecule has 1 unspecified atom stereocenters. The molecule has 3 rings (SSSR count). The molecule has 0 amide bonds. The van der Waals surface area contributed by atoms with Gasteiger partial charge in [0.1, 0.15) is 5.82 Å². The Labute approximate surface area is 232 Å². The van der Waals surface area contributed by atoms with Crippen LogP contribution in [0.25, 0.3) is 11.1 Å². The topological polar surface area (TPSA) is 35.0 Å². The molecular formula is C35H50N2O. The number of aryl methyl sites for hydroxylation is 2. The molecule has 0 aliphatic carbocycles. The maximum atomic E-state index is 5.98. The molecule has 38 heavy (non-hydrogen) atoms. The Morgan fingerprint density at radius 1 is 0.605 bits per heavy atom. The number of unbranched alkanes of at least 4 members (excludes halogenated alkanes) is 10. The zero-order chi connectivity index (χ0) is 26.7. The Morgan fingerprint density at radius 2 is 1.21 bits per heavy atom. The van der Waals surface area contributed by atoms with Gasteiger partial charge >= 0.3 is 0 Å². The van der Waals surface area contributed by atoms with Gasteiger partial charge in [0.05, 0.1) is 12.7 Å². The molecule has 2 aromatic carbocycles. The Kier molecular flexibility index (Phi) is 14.8. The van der Waals surface area contributed by atoms with Gasteiger partial charge in [0.25, 0.3) is 0 Å². The average molecular weight is 515 g/mol. The Hall–Kier alpha value is -2.52. The minimum Gasteiger partial charge on any atom is -0.374 e. The van der Waals surface area contributed by atoms with Gasteiger partial charge in [-0.25, -0.2) is 9.97 Å². The molecule has 0 saturated heterocycles. The number of aromatic nitrogens is 2. The van der Waals surface area contributed by atoms with Gasteiger partial charge in [-0.1, -0.05) is 126 Å². The van der Waals surface area contributed by atoms with Crippen LogP contribution in [0.3, 0.4) is 0 Å². The summed E-state index contributed by atoms with van der Waals surface area (Å²) in [5, 5.41) is 0. The molecule has 0 N–H and O–H groups in total. The summed E-state index contributed by atoms with van der Waals surface area (Å²) in [6, 6.07) is 19.4. The Balaban J connectivity index is 1.24. The van der Waals surface area contributed by atoms with Crippen molar-refractivity contribution in [1.29, 1.82) is 0 Å². The zero-order valence-electron chi connectivity index (χ0n) is 24.0. The molecule has 0 radical (unpaired) electrons. The van der Waals surface area contributed by atoms with E-state index in [9.17, 15) is 0 Å². The quantitative estimate of drug-likeness (QED) is 0.141. The monoisotopic (exact) mass is 514 g/mol. The van der Waals surface area contributed by atoms with Gasteiger partial charge in [0, 0.05) is 24.4 Å². The first-order valence-corrected chi connectivity index (χ1v) is 15.3. The van der Waals surface area contributed by atoms with Crippen molar-refractivity contribution < 1.29 is 4.74 Å². The number of benzene rings is 2. The highest BCUT2D eigenvalue weighted by molar-refractivity contribution is 5.61. The average Bonchev–Trinajstić information content (AvgIpc) is 2.96. The van der Waals surface area contributed by atoms with Crippen LogP contribution in [0.1, 0.15) is 114 Å². The molecule has 0 saturated carbocycles. The van der Waals surface area contributed by atoms with Crippen LogP contribution in [-0.2, 0) is 24.2 Å². The Bertz CT molecular complexity index is 969. The fourth-order valence-electron chi connectivity index (χ4n) is 4.92. The summed E-state index contributed by atoms with van der Waals surface area (Å²) in [6.45, 7) is 5.17. The predicted molar refractivity (Wildman–Crippen MR) is 161 cm³/mol. The lowest BCUT2D eigenvalue weighted by Gasteiger charge is -2.13. The summed E-state index contributed by atoms with van der Waals surface area (Å²) in [5.74, 6) is 0.958. The lowest BCUT2D eigenvalue weighted by Crippen LogP contribution is -2.07. The molecule has 1 heterocycles. The molecule has 0 aliphatic rings. The van der Waals surface area contributed by atoms with E-state index in [1.165, 1.54) is 93.7 Å². The fourth-order valence-corrected chi connectivity index (χ4v) is 4.92. The van der Waals surface area contributed by atoms with Gasteiger partial charge in [0.15, 0.2) is 0 Å². The lowest BCUT2D eigenvalue weighted by atomic mass is 10.0. The van der Waals surface area contributed by atoms with E-state index in [0.717, 1.165) is 30.7 Å². The number of rotatable bonds is 20. The van der Waals surface area contributed by atoms with Crippen LogP contribution in [0.2, 0.25) is 0 Å². The summed E-state index contributed by atoms with van der Waals surface area (Å²) in [6.07, 6.45) is 23.3. The van der Waals surface area contributed by atoms with Gasteiger partial charge in [-0.3, -0.25) is 0 Å². The molecule has 3 heteroatoms. The van der Waals surface area contributed by atoms with E-state index < -0.39 is 0 Å². The van der Waals surface area contributed by atoms with E-state index in [0.29, 0.717) is 12.7 Å². The number of nitrogens with zero attached hydrogens (tertiary/aromatic N) is 2. The second-order valence-electron chi connectivity index (χ2n) is 10.9. The van der Waals surface area contributed by atoms with Crippen molar-refractivity contribution in [2.24, 2.45) is 0 Å². The first kappa shape index (κ1) is 30.0. The number of hydrogen-bond donors (Lipinski definition) is 0. The van der Waals surface area contributed by atoms with Crippen molar-refractivity contribution in [3.05, 3.63) is 83.9 Å². The number of ether oxygens (including phenoxy) is 1. The van der Waals surface area contributed by atoms with Crippen molar-refractivity contribution in [1.82, 2.24) is 9.97 Å². The summed E-state index contributed by atoms with van der Waals surface area (Å²) in [5.41, 5.74) is 5.00. The maximum Gasteiger partial charge on any atom is 0.128 e. The van der Waals surface area contributed by atoms with Gasteiger partial charge in [-0.2, -0.15) is 0 Å². The third-order valence-corrected chi connectivity index (χ3v) is 7.45. The molecule has 0 aliphatic heterocycles. The second-order valence-corrected chi connectivity index (χ2v) is 10.9. The van der Waals surface area contributed by atoms with Crippen LogP contribution in [0.4, 0.5) is 0 Å². The minimum atomic E-state index is 0.310. The van der Waals surface area contributed by atoms with Crippen LogP contribution in [-0.4, -0.2) is 16.1 Å². The van der Waals surface area contributed by atoms with Crippen LogP contribution >= 0.6 is 0 Å². The largest absolute Gasteiger partial charge is 0.374 e. The van der Waals surface area contributed by atoms with Crippen molar-refractivity contribution in [2.45, 2.75) is 123 Å². The molecule has 0 bridgehead atoms. The molecule has 206 valence electrons. The van der Waals surface area contributed by atoms with Crippen molar-refractivity contribution >= 4 is 0 Å². The number of hydrogen-bond acceptors (Lipinski definition) is 3.